The number of benzene rings is 1. The summed E-state index contributed by atoms with van der Waals surface area (Å²) >= 11 is 3.52. The van der Waals surface area contributed by atoms with Crippen molar-refractivity contribution in [2.75, 3.05) is 11.9 Å². The zero-order valence-electron chi connectivity index (χ0n) is 10.7. The van der Waals surface area contributed by atoms with Crippen LogP contribution >= 0.6 is 15.9 Å². The van der Waals surface area contributed by atoms with Crippen LogP contribution in [0.1, 0.15) is 16.7 Å². The summed E-state index contributed by atoms with van der Waals surface area (Å²) in [5.74, 6) is 0.911. The molecule has 1 heterocycles. The summed E-state index contributed by atoms with van der Waals surface area (Å²) in [5.41, 5.74) is 3.88. The van der Waals surface area contributed by atoms with Crippen LogP contribution in [0, 0.1) is 13.8 Å². The average molecular weight is 305 g/mol. The van der Waals surface area contributed by atoms with E-state index in [0.29, 0.717) is 0 Å². The maximum atomic E-state index is 4.37. The molecule has 1 aromatic heterocycles. The van der Waals surface area contributed by atoms with E-state index in [1.54, 1.807) is 0 Å². The van der Waals surface area contributed by atoms with E-state index in [9.17, 15) is 0 Å². The van der Waals surface area contributed by atoms with Crippen molar-refractivity contribution in [1.82, 2.24) is 4.98 Å². The lowest BCUT2D eigenvalue weighted by atomic mass is 10.1. The Morgan fingerprint density at radius 2 is 2.00 bits per heavy atom. The number of pyridine rings is 1. The van der Waals surface area contributed by atoms with Gasteiger partial charge in [0.05, 0.1) is 4.47 Å². The molecule has 3 heteroatoms. The molecule has 2 rings (SSSR count). The van der Waals surface area contributed by atoms with Gasteiger partial charge in [-0.2, -0.15) is 0 Å². The van der Waals surface area contributed by atoms with E-state index < -0.39 is 0 Å². The SMILES string of the molecule is Cc1cnc(NCCc2ccccc2C)c(Br)c1. The van der Waals surface area contributed by atoms with Crippen molar-refractivity contribution in [1.29, 1.82) is 0 Å². The smallest absolute Gasteiger partial charge is 0.140 e. The number of aromatic nitrogens is 1. The first-order valence-corrected chi connectivity index (χ1v) is 6.86. The van der Waals surface area contributed by atoms with E-state index in [1.165, 1.54) is 11.1 Å². The van der Waals surface area contributed by atoms with Gasteiger partial charge in [-0.3, -0.25) is 0 Å². The van der Waals surface area contributed by atoms with Crippen molar-refractivity contribution in [2.24, 2.45) is 0 Å². The fourth-order valence-electron chi connectivity index (χ4n) is 1.87. The molecule has 0 atom stereocenters. The van der Waals surface area contributed by atoms with Crippen molar-refractivity contribution >= 4 is 21.7 Å². The summed E-state index contributed by atoms with van der Waals surface area (Å²) in [4.78, 5) is 4.37. The average Bonchev–Trinajstić information content (AvgIpc) is 2.34. The molecule has 0 spiro atoms. The molecule has 2 nitrogen and oxygen atoms in total. The highest BCUT2D eigenvalue weighted by molar-refractivity contribution is 9.10. The number of nitrogens with zero attached hydrogens (tertiary/aromatic N) is 1. The van der Waals surface area contributed by atoms with Crippen LogP contribution in [0.4, 0.5) is 5.82 Å². The van der Waals surface area contributed by atoms with E-state index in [-0.39, 0.29) is 0 Å². The maximum Gasteiger partial charge on any atom is 0.140 e. The molecule has 0 amide bonds. The van der Waals surface area contributed by atoms with E-state index in [4.69, 9.17) is 0 Å². The Balaban J connectivity index is 1.95. The Bertz CT molecular complexity index is 538. The molecule has 1 aromatic carbocycles. The molecular weight excluding hydrogens is 288 g/mol. The fraction of sp³-hybridized carbons (Fsp3) is 0.267. The van der Waals surface area contributed by atoms with E-state index in [0.717, 1.165) is 28.8 Å². The van der Waals surface area contributed by atoms with Gasteiger partial charge < -0.3 is 5.32 Å². The van der Waals surface area contributed by atoms with Crippen LogP contribution in [-0.4, -0.2) is 11.5 Å². The molecular formula is C15H17BrN2. The maximum absolute atomic E-state index is 4.37. The third kappa shape index (κ3) is 3.33. The Kier molecular flexibility index (Phi) is 4.37. The molecule has 0 radical (unpaired) electrons. The number of aryl methyl sites for hydroxylation is 2. The topological polar surface area (TPSA) is 24.9 Å². The third-order valence-corrected chi connectivity index (χ3v) is 3.53. The van der Waals surface area contributed by atoms with Crippen molar-refractivity contribution in [2.45, 2.75) is 20.3 Å². The predicted molar refractivity (Wildman–Crippen MR) is 80.0 cm³/mol. The lowest BCUT2D eigenvalue weighted by molar-refractivity contribution is 0.990. The summed E-state index contributed by atoms with van der Waals surface area (Å²) in [5, 5.41) is 3.36. The van der Waals surface area contributed by atoms with Crippen LogP contribution in [0.2, 0.25) is 0 Å². The van der Waals surface area contributed by atoms with Gasteiger partial charge in [0.2, 0.25) is 0 Å². The molecule has 0 fully saturated rings. The van der Waals surface area contributed by atoms with Crippen LogP contribution in [0.15, 0.2) is 41.0 Å². The number of hydrogen-bond acceptors (Lipinski definition) is 2. The molecule has 1 N–H and O–H groups in total. The zero-order valence-corrected chi connectivity index (χ0v) is 12.3. The lowest BCUT2D eigenvalue weighted by Crippen LogP contribution is -2.07. The first kappa shape index (κ1) is 13.1. The van der Waals surface area contributed by atoms with E-state index in [1.807, 2.05) is 13.1 Å². The van der Waals surface area contributed by atoms with Crippen molar-refractivity contribution < 1.29 is 0 Å². The normalized spacial score (nSPS) is 10.4. The van der Waals surface area contributed by atoms with Crippen LogP contribution in [0.3, 0.4) is 0 Å². The predicted octanol–water partition coefficient (Wildman–Crippen LogP) is 4.12. The van der Waals surface area contributed by atoms with Crippen molar-refractivity contribution in [3.8, 4) is 0 Å². The monoisotopic (exact) mass is 304 g/mol. The molecule has 0 saturated carbocycles. The molecule has 0 saturated heterocycles. The molecule has 0 bridgehead atoms. The van der Waals surface area contributed by atoms with Gasteiger partial charge in [0.1, 0.15) is 5.82 Å². The second-order valence-corrected chi connectivity index (χ2v) is 5.30. The lowest BCUT2D eigenvalue weighted by Gasteiger charge is -2.09. The standard InChI is InChI=1S/C15H17BrN2/c1-11-9-14(16)15(18-10-11)17-8-7-13-6-4-3-5-12(13)2/h3-6,9-10H,7-8H2,1-2H3,(H,17,18). The molecule has 0 unspecified atom stereocenters. The highest BCUT2D eigenvalue weighted by Crippen LogP contribution is 2.20. The van der Waals surface area contributed by atoms with E-state index >= 15 is 0 Å². The molecule has 0 aliphatic carbocycles. The van der Waals surface area contributed by atoms with Gasteiger partial charge in [0.25, 0.3) is 0 Å². The second-order valence-electron chi connectivity index (χ2n) is 4.45. The molecule has 0 aliphatic rings. The largest absolute Gasteiger partial charge is 0.369 e. The molecule has 0 aliphatic heterocycles. The Morgan fingerprint density at radius 3 is 2.72 bits per heavy atom. The Labute approximate surface area is 117 Å². The van der Waals surface area contributed by atoms with Crippen LogP contribution < -0.4 is 5.32 Å². The van der Waals surface area contributed by atoms with Gasteiger partial charge in [0, 0.05) is 12.7 Å². The van der Waals surface area contributed by atoms with E-state index in [2.05, 4.69) is 63.5 Å². The minimum Gasteiger partial charge on any atom is -0.369 e. The van der Waals surface area contributed by atoms with Gasteiger partial charge in [-0.25, -0.2) is 4.98 Å². The van der Waals surface area contributed by atoms with Gasteiger partial charge in [-0.1, -0.05) is 24.3 Å². The molecule has 94 valence electrons. The molecule has 18 heavy (non-hydrogen) atoms. The summed E-state index contributed by atoms with van der Waals surface area (Å²) in [7, 11) is 0. The fourth-order valence-corrected chi connectivity index (χ4v) is 2.47. The number of halogens is 1. The van der Waals surface area contributed by atoms with Gasteiger partial charge in [0.15, 0.2) is 0 Å². The zero-order chi connectivity index (χ0) is 13.0. The summed E-state index contributed by atoms with van der Waals surface area (Å²) < 4.78 is 1.02. The third-order valence-electron chi connectivity index (χ3n) is 2.93. The highest BCUT2D eigenvalue weighted by Gasteiger charge is 2.01. The van der Waals surface area contributed by atoms with Gasteiger partial charge in [-0.05, 0) is 59.0 Å². The van der Waals surface area contributed by atoms with Gasteiger partial charge >= 0.3 is 0 Å². The minimum atomic E-state index is 0.888. The number of anilines is 1. The number of rotatable bonds is 4. The Morgan fingerprint density at radius 1 is 1.22 bits per heavy atom. The molecule has 2 aromatic rings. The van der Waals surface area contributed by atoms with Crippen molar-refractivity contribution in [3.05, 3.63) is 57.7 Å². The first-order valence-electron chi connectivity index (χ1n) is 6.07. The summed E-state index contributed by atoms with van der Waals surface area (Å²) in [6.45, 7) is 5.07. The van der Waals surface area contributed by atoms with Crippen molar-refractivity contribution in [3.63, 3.8) is 0 Å². The Hall–Kier alpha value is -1.35. The summed E-state index contributed by atoms with van der Waals surface area (Å²) in [6.07, 6.45) is 2.88. The number of nitrogens with one attached hydrogen (secondary N) is 1. The van der Waals surface area contributed by atoms with Crippen LogP contribution in [-0.2, 0) is 6.42 Å². The van der Waals surface area contributed by atoms with Crippen LogP contribution in [0.25, 0.3) is 0 Å². The minimum absolute atomic E-state index is 0.888. The van der Waals surface area contributed by atoms with Gasteiger partial charge in [-0.15, -0.1) is 0 Å². The second kappa shape index (κ2) is 6.01. The summed E-state index contributed by atoms with van der Waals surface area (Å²) in [6, 6.07) is 10.6. The quantitative estimate of drug-likeness (QED) is 0.919. The van der Waals surface area contributed by atoms with Crippen LogP contribution in [0.5, 0.6) is 0 Å². The highest BCUT2D eigenvalue weighted by atomic mass is 79.9. The number of hydrogen-bond donors (Lipinski definition) is 1. The first-order chi connectivity index (χ1) is 8.66.